The molecule has 116 valence electrons. The predicted molar refractivity (Wildman–Crippen MR) is 81.2 cm³/mol. The van der Waals surface area contributed by atoms with Crippen molar-refractivity contribution < 1.29 is 13.2 Å². The van der Waals surface area contributed by atoms with Crippen molar-refractivity contribution in [3.63, 3.8) is 0 Å². The Kier molecular flexibility index (Phi) is 4.15. The molecule has 2 rings (SSSR count). The molecule has 0 amide bonds. The molecule has 1 fully saturated rings. The van der Waals surface area contributed by atoms with Crippen molar-refractivity contribution in [2.45, 2.75) is 24.8 Å². The summed E-state index contributed by atoms with van der Waals surface area (Å²) in [6, 6.07) is 3.85. The Morgan fingerprint density at radius 1 is 1.38 bits per heavy atom. The van der Waals surface area contributed by atoms with Crippen LogP contribution in [0.5, 0.6) is 0 Å². The zero-order chi connectivity index (χ0) is 15.8. The van der Waals surface area contributed by atoms with Crippen LogP contribution in [0.3, 0.4) is 0 Å². The molecule has 1 aliphatic rings. The first-order valence-electron chi connectivity index (χ1n) is 6.55. The van der Waals surface area contributed by atoms with Crippen molar-refractivity contribution in [1.82, 2.24) is 0 Å². The molecule has 21 heavy (non-hydrogen) atoms. The number of amidine groups is 1. The van der Waals surface area contributed by atoms with Gasteiger partial charge in [-0.25, -0.2) is 0 Å². The highest BCUT2D eigenvalue weighted by Crippen LogP contribution is 2.36. The molecule has 1 aromatic carbocycles. The average molecular weight is 317 g/mol. The van der Waals surface area contributed by atoms with Gasteiger partial charge in [-0.2, -0.15) is 24.9 Å². The molecule has 3 nitrogen and oxygen atoms in total. The van der Waals surface area contributed by atoms with Crippen LogP contribution in [0.15, 0.2) is 18.2 Å². The van der Waals surface area contributed by atoms with Crippen LogP contribution in [0.1, 0.15) is 25.0 Å². The molecule has 0 atom stereocenters. The first-order chi connectivity index (χ1) is 9.60. The molecule has 1 aliphatic heterocycles. The summed E-state index contributed by atoms with van der Waals surface area (Å²) < 4.78 is 38.9. The fourth-order valence-corrected chi connectivity index (χ4v) is 3.55. The molecule has 0 aliphatic carbocycles. The van der Waals surface area contributed by atoms with Gasteiger partial charge in [0.25, 0.3) is 0 Å². The van der Waals surface area contributed by atoms with Crippen LogP contribution in [0.4, 0.5) is 18.9 Å². The van der Waals surface area contributed by atoms with Crippen LogP contribution in [0.2, 0.25) is 0 Å². The zero-order valence-electron chi connectivity index (χ0n) is 11.9. The lowest BCUT2D eigenvalue weighted by atomic mass is 10.0. The van der Waals surface area contributed by atoms with E-state index in [4.69, 9.17) is 11.1 Å². The molecule has 0 radical (unpaired) electrons. The van der Waals surface area contributed by atoms with E-state index in [1.54, 1.807) is 0 Å². The highest BCUT2D eigenvalue weighted by molar-refractivity contribution is 8.00. The van der Waals surface area contributed by atoms with Gasteiger partial charge in [-0.1, -0.05) is 0 Å². The second kappa shape index (κ2) is 5.44. The van der Waals surface area contributed by atoms with Crippen LogP contribution < -0.4 is 10.6 Å². The summed E-state index contributed by atoms with van der Waals surface area (Å²) in [5.41, 5.74) is 4.89. The number of halogens is 3. The highest BCUT2D eigenvalue weighted by atomic mass is 32.2. The molecule has 0 unspecified atom stereocenters. The van der Waals surface area contributed by atoms with Crippen molar-refractivity contribution in [3.8, 4) is 0 Å². The van der Waals surface area contributed by atoms with Crippen LogP contribution in [0, 0.1) is 5.41 Å². The van der Waals surface area contributed by atoms with Gasteiger partial charge in [0.15, 0.2) is 0 Å². The summed E-state index contributed by atoms with van der Waals surface area (Å²) in [6.45, 7) is 5.75. The van der Waals surface area contributed by atoms with Gasteiger partial charge >= 0.3 is 6.18 Å². The molecule has 0 aromatic heterocycles. The monoisotopic (exact) mass is 317 g/mol. The lowest BCUT2D eigenvalue weighted by molar-refractivity contribution is -0.137. The Bertz CT molecular complexity index is 555. The molecule has 0 saturated carbocycles. The second-order valence-electron chi connectivity index (χ2n) is 5.67. The number of thioether (sulfide) groups is 1. The van der Waals surface area contributed by atoms with E-state index in [0.717, 1.165) is 24.9 Å². The molecular formula is C14H18F3N3S. The van der Waals surface area contributed by atoms with E-state index in [1.807, 2.05) is 16.7 Å². The third kappa shape index (κ3) is 3.64. The first-order valence-corrected chi connectivity index (χ1v) is 7.53. The van der Waals surface area contributed by atoms with Gasteiger partial charge < -0.3 is 10.6 Å². The fourth-order valence-electron chi connectivity index (χ4n) is 2.44. The van der Waals surface area contributed by atoms with Gasteiger partial charge in [0.05, 0.1) is 5.56 Å². The fraction of sp³-hybridized carbons (Fsp3) is 0.500. The third-order valence-corrected chi connectivity index (χ3v) is 4.69. The number of nitrogen functional groups attached to an aromatic ring is 1. The maximum Gasteiger partial charge on any atom is 0.417 e. The maximum absolute atomic E-state index is 12.9. The molecule has 1 aromatic rings. The van der Waals surface area contributed by atoms with Crippen LogP contribution >= 0.6 is 11.8 Å². The lowest BCUT2D eigenvalue weighted by Crippen LogP contribution is -2.43. The van der Waals surface area contributed by atoms with E-state index in [-0.39, 0.29) is 10.3 Å². The van der Waals surface area contributed by atoms with E-state index in [1.165, 1.54) is 12.1 Å². The number of anilines is 1. The Morgan fingerprint density at radius 2 is 2.05 bits per heavy atom. The highest BCUT2D eigenvalue weighted by Gasteiger charge is 2.35. The van der Waals surface area contributed by atoms with Crippen LogP contribution in [0.25, 0.3) is 0 Å². The Hall–Kier alpha value is -1.37. The van der Waals surface area contributed by atoms with Crippen molar-refractivity contribution in [2.75, 3.05) is 23.7 Å². The Labute approximate surface area is 126 Å². The Balaban J connectivity index is 2.39. The summed E-state index contributed by atoms with van der Waals surface area (Å²) in [5.74, 6) is 0.360. The smallest absolute Gasteiger partial charge is 0.384 e. The lowest BCUT2D eigenvalue weighted by Gasteiger charge is -2.39. The average Bonchev–Trinajstić information content (AvgIpc) is 2.35. The van der Waals surface area contributed by atoms with Crippen molar-refractivity contribution >= 4 is 23.3 Å². The van der Waals surface area contributed by atoms with Crippen molar-refractivity contribution in [2.24, 2.45) is 5.73 Å². The molecule has 1 heterocycles. The minimum atomic E-state index is -4.50. The van der Waals surface area contributed by atoms with E-state index < -0.39 is 17.6 Å². The molecule has 0 spiro atoms. The summed E-state index contributed by atoms with van der Waals surface area (Å²) in [4.78, 5) is 2.04. The van der Waals surface area contributed by atoms with Crippen LogP contribution in [-0.4, -0.2) is 29.4 Å². The minimum absolute atomic E-state index is 0.0529. The number of nitrogens with one attached hydrogen (secondary N) is 1. The topological polar surface area (TPSA) is 53.1 Å². The number of nitrogens with zero attached hydrogens (tertiary/aromatic N) is 1. The minimum Gasteiger partial charge on any atom is -0.384 e. The number of benzene rings is 1. The number of hydrogen-bond acceptors (Lipinski definition) is 3. The number of hydrogen-bond donors (Lipinski definition) is 2. The van der Waals surface area contributed by atoms with E-state index in [2.05, 4.69) is 13.8 Å². The molecule has 3 N–H and O–H groups in total. The van der Waals surface area contributed by atoms with Gasteiger partial charge in [-0.3, -0.25) is 5.41 Å². The predicted octanol–water partition coefficient (Wildman–Crippen LogP) is 3.32. The zero-order valence-corrected chi connectivity index (χ0v) is 12.7. The third-order valence-electron chi connectivity index (χ3n) is 3.39. The maximum atomic E-state index is 12.9. The quantitative estimate of drug-likeness (QED) is 0.650. The van der Waals surface area contributed by atoms with Gasteiger partial charge in [-0.05, 0) is 32.0 Å². The molecule has 0 bridgehead atoms. The van der Waals surface area contributed by atoms with Gasteiger partial charge in [0.1, 0.15) is 5.84 Å². The van der Waals surface area contributed by atoms with Crippen molar-refractivity contribution in [3.05, 3.63) is 29.3 Å². The molecule has 1 saturated heterocycles. The standard InChI is InChI=1S/C14H18F3N3S/c1-13(2)8-20(5-6-21-13)9-3-4-11(14(15,16)17)10(7-9)12(18)19/h3-4,7H,5-6,8H2,1-2H3,(H3,18,19). The Morgan fingerprint density at radius 3 is 2.57 bits per heavy atom. The van der Waals surface area contributed by atoms with E-state index in [9.17, 15) is 13.2 Å². The van der Waals surface area contributed by atoms with Gasteiger partial charge in [0, 0.05) is 34.8 Å². The molecular weight excluding hydrogens is 299 g/mol. The summed E-state index contributed by atoms with van der Waals surface area (Å²) in [5, 5.41) is 7.40. The number of nitrogens with two attached hydrogens (primary N) is 1. The number of alkyl halides is 3. The van der Waals surface area contributed by atoms with Crippen LogP contribution in [-0.2, 0) is 6.18 Å². The first kappa shape index (κ1) is 16.0. The summed E-state index contributed by atoms with van der Waals surface area (Å²) in [7, 11) is 0. The van der Waals surface area contributed by atoms with E-state index >= 15 is 0 Å². The van der Waals surface area contributed by atoms with Gasteiger partial charge in [0.2, 0.25) is 0 Å². The molecule has 7 heteroatoms. The van der Waals surface area contributed by atoms with Gasteiger partial charge in [-0.15, -0.1) is 0 Å². The normalized spacial score (nSPS) is 18.6. The number of rotatable bonds is 2. The van der Waals surface area contributed by atoms with E-state index in [0.29, 0.717) is 5.69 Å². The second-order valence-corrected chi connectivity index (χ2v) is 7.47. The van der Waals surface area contributed by atoms with Crippen molar-refractivity contribution in [1.29, 1.82) is 5.41 Å². The summed E-state index contributed by atoms with van der Waals surface area (Å²) in [6.07, 6.45) is -4.50. The largest absolute Gasteiger partial charge is 0.417 e. The SMILES string of the molecule is CC1(C)CN(c2ccc(C(F)(F)F)c(C(=N)N)c2)CCS1. The summed E-state index contributed by atoms with van der Waals surface area (Å²) >= 11 is 1.85.